The van der Waals surface area contributed by atoms with Crippen molar-refractivity contribution >= 4 is 63.3 Å². The first-order valence-electron chi connectivity index (χ1n) is 8.26. The number of furan rings is 1. The highest BCUT2D eigenvalue weighted by molar-refractivity contribution is 14.0. The molecule has 3 aromatic rings. The summed E-state index contributed by atoms with van der Waals surface area (Å²) >= 11 is 3.45. The summed E-state index contributed by atoms with van der Waals surface area (Å²) in [7, 11) is 0. The minimum atomic E-state index is 0. The lowest BCUT2D eigenvalue weighted by Crippen LogP contribution is -2.38. The summed E-state index contributed by atoms with van der Waals surface area (Å²) in [6, 6.07) is 12.1. The van der Waals surface area contributed by atoms with Crippen molar-refractivity contribution in [2.75, 3.05) is 25.1 Å². The van der Waals surface area contributed by atoms with Crippen LogP contribution in [0.15, 0.2) is 45.8 Å². The standard InChI is InChI=1S/C18H22N4OS2.HI/c1-3-19-18(20-10-11-24-2)21-12-13-8-9-15(23-13)17-22-14-6-4-5-7-16(14)25-17;/h4-9H,3,10-12H2,1-2H3,(H2,19,20,21);1H. The number of nitrogens with zero attached hydrogens (tertiary/aromatic N) is 2. The zero-order chi connectivity index (χ0) is 17.5. The van der Waals surface area contributed by atoms with Gasteiger partial charge in [-0.05, 0) is 37.4 Å². The number of hydrogen-bond acceptors (Lipinski definition) is 5. The van der Waals surface area contributed by atoms with E-state index in [4.69, 9.17) is 4.42 Å². The van der Waals surface area contributed by atoms with Gasteiger partial charge in [-0.15, -0.1) is 35.3 Å². The van der Waals surface area contributed by atoms with Crippen molar-refractivity contribution < 1.29 is 4.42 Å². The molecule has 0 saturated carbocycles. The van der Waals surface area contributed by atoms with Gasteiger partial charge in [0.25, 0.3) is 0 Å². The van der Waals surface area contributed by atoms with Gasteiger partial charge in [-0.1, -0.05) is 12.1 Å². The summed E-state index contributed by atoms with van der Waals surface area (Å²) in [6.07, 6.45) is 2.10. The van der Waals surface area contributed by atoms with Crippen LogP contribution in [-0.2, 0) is 6.54 Å². The van der Waals surface area contributed by atoms with Gasteiger partial charge in [0.2, 0.25) is 0 Å². The molecule has 0 unspecified atom stereocenters. The number of fused-ring (bicyclic) bond motifs is 1. The van der Waals surface area contributed by atoms with E-state index in [0.717, 1.165) is 46.8 Å². The van der Waals surface area contributed by atoms with Gasteiger partial charge in [-0.3, -0.25) is 0 Å². The number of nitrogens with one attached hydrogen (secondary N) is 2. The number of thioether (sulfide) groups is 1. The Kier molecular flexibility index (Phi) is 8.73. The summed E-state index contributed by atoms with van der Waals surface area (Å²) in [4.78, 5) is 9.21. The fourth-order valence-corrected chi connectivity index (χ4v) is 3.56. The van der Waals surface area contributed by atoms with Crippen LogP contribution < -0.4 is 10.6 Å². The number of hydrogen-bond donors (Lipinski definition) is 2. The predicted octanol–water partition coefficient (Wildman–Crippen LogP) is 4.59. The summed E-state index contributed by atoms with van der Waals surface area (Å²) in [6.45, 7) is 4.28. The number of halogens is 1. The minimum absolute atomic E-state index is 0. The van der Waals surface area contributed by atoms with Gasteiger partial charge in [-0.25, -0.2) is 9.98 Å². The van der Waals surface area contributed by atoms with Crippen LogP contribution in [0.1, 0.15) is 12.7 Å². The summed E-state index contributed by atoms with van der Waals surface area (Å²) in [5, 5.41) is 7.46. The Bertz CT molecular complexity index is 813. The van der Waals surface area contributed by atoms with Gasteiger partial charge in [0.1, 0.15) is 12.3 Å². The Morgan fingerprint density at radius 1 is 1.23 bits per heavy atom. The lowest BCUT2D eigenvalue weighted by atomic mass is 10.3. The molecule has 2 N–H and O–H groups in total. The van der Waals surface area contributed by atoms with E-state index in [2.05, 4.69) is 39.9 Å². The highest BCUT2D eigenvalue weighted by atomic mass is 127. The number of benzene rings is 1. The number of guanidine groups is 1. The van der Waals surface area contributed by atoms with Gasteiger partial charge >= 0.3 is 0 Å². The zero-order valence-electron chi connectivity index (χ0n) is 14.8. The smallest absolute Gasteiger partial charge is 0.191 e. The molecule has 0 spiro atoms. The van der Waals surface area contributed by atoms with Crippen LogP contribution in [0.25, 0.3) is 21.0 Å². The first-order chi connectivity index (χ1) is 12.3. The molecule has 8 heteroatoms. The van der Waals surface area contributed by atoms with Crippen molar-refractivity contribution in [1.82, 2.24) is 15.6 Å². The maximum Gasteiger partial charge on any atom is 0.191 e. The molecule has 5 nitrogen and oxygen atoms in total. The average molecular weight is 502 g/mol. The second-order valence-corrected chi connectivity index (χ2v) is 7.38. The van der Waals surface area contributed by atoms with Crippen LogP contribution in [-0.4, -0.2) is 36.0 Å². The molecule has 1 aromatic carbocycles. The topological polar surface area (TPSA) is 62.5 Å². The molecule has 26 heavy (non-hydrogen) atoms. The Morgan fingerprint density at radius 2 is 2.08 bits per heavy atom. The maximum atomic E-state index is 5.93. The monoisotopic (exact) mass is 502 g/mol. The van der Waals surface area contributed by atoms with E-state index in [1.165, 1.54) is 4.70 Å². The second kappa shape index (κ2) is 10.8. The zero-order valence-corrected chi connectivity index (χ0v) is 18.8. The van der Waals surface area contributed by atoms with Crippen LogP contribution in [0.3, 0.4) is 0 Å². The molecule has 0 aliphatic carbocycles. The van der Waals surface area contributed by atoms with Gasteiger partial charge < -0.3 is 15.1 Å². The lowest BCUT2D eigenvalue weighted by Gasteiger charge is -2.09. The molecule has 0 aliphatic rings. The van der Waals surface area contributed by atoms with E-state index in [1.54, 1.807) is 11.3 Å². The molecule has 0 fully saturated rings. The van der Waals surface area contributed by atoms with Gasteiger partial charge in [0.15, 0.2) is 16.7 Å². The van der Waals surface area contributed by atoms with Crippen LogP contribution in [0.4, 0.5) is 0 Å². The summed E-state index contributed by atoms with van der Waals surface area (Å²) in [5.41, 5.74) is 1.01. The third-order valence-corrected chi connectivity index (χ3v) is 5.17. The van der Waals surface area contributed by atoms with Crippen LogP contribution in [0, 0.1) is 0 Å². The van der Waals surface area contributed by atoms with Gasteiger partial charge in [0.05, 0.1) is 10.2 Å². The molecule has 2 aromatic heterocycles. The largest absolute Gasteiger partial charge is 0.457 e. The highest BCUT2D eigenvalue weighted by Gasteiger charge is 2.10. The number of aromatic nitrogens is 1. The van der Waals surface area contributed by atoms with Crippen molar-refractivity contribution in [3.63, 3.8) is 0 Å². The Balaban J connectivity index is 0.00000243. The molecule has 140 valence electrons. The van der Waals surface area contributed by atoms with Crippen molar-refractivity contribution in [2.24, 2.45) is 4.99 Å². The van der Waals surface area contributed by atoms with E-state index < -0.39 is 0 Å². The fourth-order valence-electron chi connectivity index (χ4n) is 2.33. The molecule has 0 bridgehead atoms. The molecule has 0 aliphatic heterocycles. The normalized spacial score (nSPS) is 11.4. The Labute approximate surface area is 179 Å². The van der Waals surface area contributed by atoms with E-state index >= 15 is 0 Å². The predicted molar refractivity (Wildman–Crippen MR) is 124 cm³/mol. The summed E-state index contributed by atoms with van der Waals surface area (Å²) in [5.74, 6) is 3.49. The van der Waals surface area contributed by atoms with Crippen molar-refractivity contribution in [3.8, 4) is 10.8 Å². The molecule has 3 rings (SSSR count). The number of para-hydroxylation sites is 1. The van der Waals surface area contributed by atoms with E-state index in [-0.39, 0.29) is 24.0 Å². The molecule has 0 atom stereocenters. The highest BCUT2D eigenvalue weighted by Crippen LogP contribution is 2.31. The lowest BCUT2D eigenvalue weighted by molar-refractivity contribution is 0.524. The molecular formula is C18H23IN4OS2. The first-order valence-corrected chi connectivity index (χ1v) is 10.5. The fraction of sp³-hybridized carbons (Fsp3) is 0.333. The Hall–Kier alpha value is -1.26. The quantitative estimate of drug-likeness (QED) is 0.214. The number of rotatable bonds is 7. The van der Waals surface area contributed by atoms with Crippen LogP contribution >= 0.6 is 47.1 Å². The van der Waals surface area contributed by atoms with E-state index in [0.29, 0.717) is 6.54 Å². The van der Waals surface area contributed by atoms with Crippen molar-refractivity contribution in [1.29, 1.82) is 0 Å². The SMILES string of the molecule is CCNC(=NCc1ccc(-c2nc3ccccc3s2)o1)NCCSC.I. The van der Waals surface area contributed by atoms with E-state index in [9.17, 15) is 0 Å². The number of aliphatic imine (C=N–C) groups is 1. The minimum Gasteiger partial charge on any atom is -0.457 e. The molecule has 2 heterocycles. The molecule has 0 amide bonds. The second-order valence-electron chi connectivity index (χ2n) is 5.37. The van der Waals surface area contributed by atoms with E-state index in [1.807, 2.05) is 42.1 Å². The van der Waals surface area contributed by atoms with Gasteiger partial charge in [0, 0.05) is 18.8 Å². The third-order valence-electron chi connectivity index (χ3n) is 3.50. The third kappa shape index (κ3) is 5.62. The molecule has 0 saturated heterocycles. The maximum absolute atomic E-state index is 5.93. The van der Waals surface area contributed by atoms with Crippen molar-refractivity contribution in [3.05, 3.63) is 42.2 Å². The van der Waals surface area contributed by atoms with Crippen molar-refractivity contribution in [2.45, 2.75) is 13.5 Å². The average Bonchev–Trinajstić information content (AvgIpc) is 3.26. The summed E-state index contributed by atoms with van der Waals surface area (Å²) < 4.78 is 7.10. The molecule has 0 radical (unpaired) electrons. The first kappa shape index (κ1) is 21.0. The van der Waals surface area contributed by atoms with Crippen LogP contribution in [0.2, 0.25) is 0 Å². The van der Waals surface area contributed by atoms with Gasteiger partial charge in [-0.2, -0.15) is 11.8 Å². The molecular weight excluding hydrogens is 479 g/mol. The Morgan fingerprint density at radius 3 is 2.85 bits per heavy atom. The number of thiazole rings is 1. The van der Waals surface area contributed by atoms with Crippen LogP contribution in [0.5, 0.6) is 0 Å².